The maximum absolute atomic E-state index is 13.7. The zero-order chi connectivity index (χ0) is 20.4. The lowest BCUT2D eigenvalue weighted by Crippen LogP contribution is -2.11. The van der Waals surface area contributed by atoms with Crippen molar-refractivity contribution in [2.75, 3.05) is 12.9 Å². The van der Waals surface area contributed by atoms with Crippen molar-refractivity contribution in [2.24, 2.45) is 0 Å². The molecule has 0 spiro atoms. The van der Waals surface area contributed by atoms with Gasteiger partial charge in [-0.1, -0.05) is 23.4 Å². The number of carboxylic acid groups (broad SMARTS) is 1. The molecule has 2 aromatic rings. The van der Waals surface area contributed by atoms with Crippen molar-refractivity contribution in [3.8, 4) is 5.75 Å². The van der Waals surface area contributed by atoms with Crippen LogP contribution in [0.15, 0.2) is 51.1 Å². The molecule has 2 N–H and O–H groups in total. The lowest BCUT2D eigenvalue weighted by Gasteiger charge is -2.15. The smallest absolute Gasteiger partial charge is 0.474 e. The number of hydrogen-bond donors (Lipinski definition) is 1. The molecule has 0 saturated heterocycles. The van der Waals surface area contributed by atoms with Gasteiger partial charge in [-0.2, -0.15) is 0 Å². The summed E-state index contributed by atoms with van der Waals surface area (Å²) in [5.41, 5.74) is -0.265. The summed E-state index contributed by atoms with van der Waals surface area (Å²) in [6.45, 7) is 0.217. The van der Waals surface area contributed by atoms with E-state index in [1.54, 1.807) is 0 Å². The van der Waals surface area contributed by atoms with Crippen LogP contribution in [0, 0.1) is 0 Å². The van der Waals surface area contributed by atoms with Crippen molar-refractivity contribution in [3.05, 3.63) is 47.0 Å². The molecular formula is C17H16ClF2O5S2+. The molecule has 0 atom stereocenters. The third-order valence-corrected chi connectivity index (χ3v) is 6.01. The first-order chi connectivity index (χ1) is 12.4. The van der Waals surface area contributed by atoms with E-state index < -0.39 is 28.3 Å². The van der Waals surface area contributed by atoms with E-state index in [0.717, 1.165) is 24.9 Å². The molecule has 146 valence electrons. The van der Waals surface area contributed by atoms with Gasteiger partial charge in [-0.15, -0.1) is 0 Å². The summed E-state index contributed by atoms with van der Waals surface area (Å²) >= 11 is 7.12. The fraction of sp³-hybridized carbons (Fsp3) is 0.235. The number of carboxylic acids is 1. The molecule has 27 heavy (non-hydrogen) atoms. The van der Waals surface area contributed by atoms with Crippen LogP contribution in [0.3, 0.4) is 0 Å². The van der Waals surface area contributed by atoms with Gasteiger partial charge < -0.3 is 14.6 Å². The van der Waals surface area contributed by atoms with E-state index >= 15 is 0 Å². The van der Waals surface area contributed by atoms with Crippen molar-refractivity contribution < 1.29 is 31.8 Å². The quantitative estimate of drug-likeness (QED) is 0.647. The number of benzene rings is 2. The predicted octanol–water partition coefficient (Wildman–Crippen LogP) is 4.45. The summed E-state index contributed by atoms with van der Waals surface area (Å²) in [5.74, 6) is -3.92. The highest BCUT2D eigenvalue weighted by atomic mass is 35.5. The molecule has 0 aromatic heterocycles. The molecule has 0 aliphatic heterocycles. The SMILES string of the molecule is CC(F)(F)c1ccc(OCC(O)=[OH+])c(Sc2ccc(S(C)(=O)=O)cc2Cl)c1. The molecule has 10 heteroatoms. The van der Waals surface area contributed by atoms with E-state index in [-0.39, 0.29) is 26.1 Å². The summed E-state index contributed by atoms with van der Waals surface area (Å²) < 4.78 is 55.7. The minimum Gasteiger partial charge on any atom is -0.474 e. The average molecular weight is 438 g/mol. The lowest BCUT2D eigenvalue weighted by atomic mass is 10.1. The molecule has 0 radical (unpaired) electrons. The van der Waals surface area contributed by atoms with Crippen molar-refractivity contribution in [1.29, 1.82) is 0 Å². The minimum absolute atomic E-state index is 0.0296. The first-order valence-electron chi connectivity index (χ1n) is 7.44. The van der Waals surface area contributed by atoms with Gasteiger partial charge in [-0.3, -0.25) is 0 Å². The Morgan fingerprint density at radius 3 is 2.44 bits per heavy atom. The topological polar surface area (TPSA) is 85.0 Å². The molecule has 0 aliphatic rings. The van der Waals surface area contributed by atoms with Crippen LogP contribution in [0.2, 0.25) is 5.02 Å². The Bertz CT molecular complexity index is 972. The standard InChI is InChI=1S/C17H15ClF2O5S2/c1-17(19,20)10-3-5-13(25-9-16(21)22)15(7-10)26-14-6-4-11(8-12(14)18)27(2,23)24/h3-8H,9H2,1-2H3,(H,21,22)/p+1. The highest BCUT2D eigenvalue weighted by molar-refractivity contribution is 7.99. The molecule has 0 saturated carbocycles. The predicted molar refractivity (Wildman–Crippen MR) is 99.8 cm³/mol. The number of hydrogen-bond acceptors (Lipinski definition) is 4. The van der Waals surface area contributed by atoms with Crippen molar-refractivity contribution in [3.63, 3.8) is 0 Å². The van der Waals surface area contributed by atoms with Crippen LogP contribution in [-0.4, -0.2) is 37.2 Å². The second-order valence-corrected chi connectivity index (χ2v) is 9.23. The maximum atomic E-state index is 13.7. The number of alkyl halides is 2. The average Bonchev–Trinajstić information content (AvgIpc) is 2.53. The molecule has 0 unspecified atom stereocenters. The largest absolute Gasteiger partial charge is 0.519 e. The number of aliphatic carboxylic acids is 1. The number of sulfone groups is 1. The monoisotopic (exact) mass is 437 g/mol. The second kappa shape index (κ2) is 8.04. The second-order valence-electron chi connectivity index (χ2n) is 5.72. The van der Waals surface area contributed by atoms with E-state index in [2.05, 4.69) is 0 Å². The molecule has 0 aliphatic carbocycles. The number of rotatable bonds is 7. The first-order valence-corrected chi connectivity index (χ1v) is 10.5. The van der Waals surface area contributed by atoms with Crippen LogP contribution in [0.4, 0.5) is 8.78 Å². The normalized spacial score (nSPS) is 12.0. The Labute approximate surface area is 164 Å². The summed E-state index contributed by atoms with van der Waals surface area (Å²) in [7, 11) is -3.44. The summed E-state index contributed by atoms with van der Waals surface area (Å²) in [4.78, 5) is 9.57. The Morgan fingerprint density at radius 1 is 1.26 bits per heavy atom. The zero-order valence-electron chi connectivity index (χ0n) is 14.2. The van der Waals surface area contributed by atoms with E-state index in [9.17, 15) is 17.2 Å². The van der Waals surface area contributed by atoms with Gasteiger partial charge in [0.05, 0.1) is 14.8 Å². The van der Waals surface area contributed by atoms with E-state index in [1.807, 2.05) is 0 Å². The van der Waals surface area contributed by atoms with Crippen molar-refractivity contribution >= 4 is 39.2 Å². The van der Waals surface area contributed by atoms with Crippen LogP contribution >= 0.6 is 23.4 Å². The fourth-order valence-electron chi connectivity index (χ4n) is 2.04. The van der Waals surface area contributed by atoms with Gasteiger partial charge in [-0.05, 0) is 36.4 Å². The summed E-state index contributed by atoms with van der Waals surface area (Å²) in [6, 6.07) is 7.74. The van der Waals surface area contributed by atoms with Crippen molar-refractivity contribution in [1.82, 2.24) is 0 Å². The number of halogens is 3. The van der Waals surface area contributed by atoms with Gasteiger partial charge in [-0.25, -0.2) is 17.2 Å². The molecule has 0 heterocycles. The summed E-state index contributed by atoms with van der Waals surface area (Å²) in [6.07, 6.45) is 1.04. The first kappa shape index (κ1) is 21.5. The van der Waals surface area contributed by atoms with E-state index in [4.69, 9.17) is 26.2 Å². The van der Waals surface area contributed by atoms with Gasteiger partial charge in [0.1, 0.15) is 5.75 Å². The zero-order valence-corrected chi connectivity index (χ0v) is 16.6. The van der Waals surface area contributed by atoms with Gasteiger partial charge in [0.2, 0.25) is 6.61 Å². The number of ether oxygens (including phenoxy) is 1. The highest BCUT2D eigenvalue weighted by Gasteiger charge is 2.26. The molecular weight excluding hydrogens is 422 g/mol. The maximum Gasteiger partial charge on any atom is 0.519 e. The highest BCUT2D eigenvalue weighted by Crippen LogP contribution is 2.41. The molecule has 2 rings (SSSR count). The number of aliphatic hydroxyl groups excluding tert-OH is 1. The Balaban J connectivity index is 2.44. The third kappa shape index (κ3) is 5.82. The summed E-state index contributed by atoms with van der Waals surface area (Å²) in [5, 5.41) is 9.00. The van der Waals surface area contributed by atoms with E-state index in [0.29, 0.717) is 4.90 Å². The van der Waals surface area contributed by atoms with Crippen LogP contribution in [0.25, 0.3) is 0 Å². The van der Waals surface area contributed by atoms with Gasteiger partial charge in [0, 0.05) is 23.6 Å². The fourth-order valence-corrected chi connectivity index (χ4v) is 3.99. The van der Waals surface area contributed by atoms with Crippen LogP contribution in [-0.2, 0) is 15.8 Å². The molecule has 5 nitrogen and oxygen atoms in total. The van der Waals surface area contributed by atoms with Crippen molar-refractivity contribution in [2.45, 2.75) is 27.5 Å². The Kier molecular flexibility index (Phi) is 6.39. The molecule has 0 bridgehead atoms. The molecule has 0 amide bonds. The Hall–Kier alpha value is -1.84. The van der Waals surface area contributed by atoms with Crippen LogP contribution < -0.4 is 4.74 Å². The lowest BCUT2D eigenvalue weighted by molar-refractivity contribution is 0.0172. The van der Waals surface area contributed by atoms with Gasteiger partial charge in [0.25, 0.3) is 5.92 Å². The minimum atomic E-state index is -3.44. The van der Waals surface area contributed by atoms with Crippen LogP contribution in [0.5, 0.6) is 5.75 Å². The van der Waals surface area contributed by atoms with Gasteiger partial charge >= 0.3 is 5.97 Å². The third-order valence-electron chi connectivity index (χ3n) is 3.36. The molecule has 0 fully saturated rings. The van der Waals surface area contributed by atoms with Crippen LogP contribution in [0.1, 0.15) is 12.5 Å². The Morgan fingerprint density at radius 2 is 1.93 bits per heavy atom. The van der Waals surface area contributed by atoms with Gasteiger partial charge in [0.15, 0.2) is 9.84 Å². The van der Waals surface area contributed by atoms with E-state index in [1.165, 1.54) is 36.4 Å². The molecule has 2 aromatic carbocycles.